The molecule has 1 amide bonds. The number of anilines is 1. The number of benzene rings is 2. The Balaban J connectivity index is 1.51. The Bertz CT molecular complexity index is 1120. The molecule has 8 heteroatoms. The fourth-order valence-corrected chi connectivity index (χ4v) is 3.74. The van der Waals surface area contributed by atoms with Gasteiger partial charge < -0.3 is 4.74 Å². The van der Waals surface area contributed by atoms with Gasteiger partial charge in [-0.25, -0.2) is 9.67 Å². The van der Waals surface area contributed by atoms with Gasteiger partial charge in [-0.1, -0.05) is 46.9 Å². The fourth-order valence-electron chi connectivity index (χ4n) is 2.85. The molecule has 0 atom stereocenters. The van der Waals surface area contributed by atoms with Crippen molar-refractivity contribution in [2.45, 2.75) is 20.4 Å². The number of hydrogen-bond acceptors (Lipinski definition) is 6. The molecule has 0 unspecified atom stereocenters. The Morgan fingerprint density at radius 2 is 2.04 bits per heavy atom. The van der Waals surface area contributed by atoms with Crippen molar-refractivity contribution in [1.29, 1.82) is 0 Å². The fraction of sp³-hybridized carbons (Fsp3) is 0.200. The van der Waals surface area contributed by atoms with Crippen LogP contribution in [0.3, 0.4) is 0 Å². The zero-order chi connectivity index (χ0) is 19.5. The Kier molecular flexibility index (Phi) is 5.03. The zero-order valence-electron chi connectivity index (χ0n) is 15.5. The maximum absolute atomic E-state index is 12.7. The SMILES string of the molecule is CCOc1ccc2nc(NC(=O)c3nnn(Cc4ccccc4)c3C)sc2c1. The summed E-state index contributed by atoms with van der Waals surface area (Å²) in [6, 6.07) is 15.6. The molecule has 0 spiro atoms. The van der Waals surface area contributed by atoms with Crippen LogP contribution in [0.5, 0.6) is 5.75 Å². The number of thiazole rings is 1. The lowest BCUT2D eigenvalue weighted by molar-refractivity contribution is 0.102. The Labute approximate surface area is 166 Å². The molecule has 0 saturated heterocycles. The van der Waals surface area contributed by atoms with E-state index in [2.05, 4.69) is 20.6 Å². The lowest BCUT2D eigenvalue weighted by Crippen LogP contribution is -2.14. The molecule has 2 aromatic heterocycles. The molecule has 0 aliphatic carbocycles. The summed E-state index contributed by atoms with van der Waals surface area (Å²) in [6.45, 7) is 4.94. The van der Waals surface area contributed by atoms with Gasteiger partial charge in [0.1, 0.15) is 5.75 Å². The van der Waals surface area contributed by atoms with Crippen LogP contribution in [0.2, 0.25) is 0 Å². The third-order valence-corrected chi connectivity index (χ3v) is 5.20. The summed E-state index contributed by atoms with van der Waals surface area (Å²) >= 11 is 1.40. The van der Waals surface area contributed by atoms with E-state index in [-0.39, 0.29) is 5.91 Å². The summed E-state index contributed by atoms with van der Waals surface area (Å²) in [7, 11) is 0. The summed E-state index contributed by atoms with van der Waals surface area (Å²) in [5.41, 5.74) is 2.92. The second-order valence-electron chi connectivity index (χ2n) is 6.20. The topological polar surface area (TPSA) is 81.9 Å². The normalized spacial score (nSPS) is 10.9. The Morgan fingerprint density at radius 3 is 2.82 bits per heavy atom. The number of carbonyl (C=O) groups excluding carboxylic acids is 1. The average Bonchev–Trinajstić information content (AvgIpc) is 3.25. The third-order valence-electron chi connectivity index (χ3n) is 4.26. The molecule has 2 aromatic carbocycles. The molecule has 1 N–H and O–H groups in total. The average molecular weight is 393 g/mol. The molecule has 4 aromatic rings. The smallest absolute Gasteiger partial charge is 0.279 e. The molecule has 0 bridgehead atoms. The predicted molar refractivity (Wildman–Crippen MR) is 109 cm³/mol. The highest BCUT2D eigenvalue weighted by molar-refractivity contribution is 7.22. The van der Waals surface area contributed by atoms with E-state index in [9.17, 15) is 4.79 Å². The molecule has 28 heavy (non-hydrogen) atoms. The lowest BCUT2D eigenvalue weighted by atomic mass is 10.2. The summed E-state index contributed by atoms with van der Waals surface area (Å²) < 4.78 is 8.18. The van der Waals surface area contributed by atoms with Crippen LogP contribution in [0, 0.1) is 6.92 Å². The van der Waals surface area contributed by atoms with Crippen LogP contribution in [0.15, 0.2) is 48.5 Å². The first kappa shape index (κ1) is 18.1. The van der Waals surface area contributed by atoms with Crippen molar-refractivity contribution in [2.24, 2.45) is 0 Å². The minimum Gasteiger partial charge on any atom is -0.494 e. The van der Waals surface area contributed by atoms with E-state index in [1.807, 2.05) is 62.4 Å². The Morgan fingerprint density at radius 1 is 1.21 bits per heavy atom. The number of fused-ring (bicyclic) bond motifs is 1. The molecule has 0 saturated carbocycles. The molecular formula is C20H19N5O2S. The summed E-state index contributed by atoms with van der Waals surface area (Å²) in [6.07, 6.45) is 0. The van der Waals surface area contributed by atoms with E-state index in [1.54, 1.807) is 4.68 Å². The molecule has 0 aliphatic rings. The number of nitrogens with zero attached hydrogens (tertiary/aromatic N) is 4. The van der Waals surface area contributed by atoms with Crippen molar-refractivity contribution in [2.75, 3.05) is 11.9 Å². The van der Waals surface area contributed by atoms with Crippen molar-refractivity contribution in [3.05, 3.63) is 65.5 Å². The van der Waals surface area contributed by atoms with Gasteiger partial charge in [0.25, 0.3) is 5.91 Å². The number of aromatic nitrogens is 4. The van der Waals surface area contributed by atoms with E-state index in [1.165, 1.54) is 11.3 Å². The van der Waals surface area contributed by atoms with Crippen LogP contribution in [0.4, 0.5) is 5.13 Å². The second-order valence-corrected chi connectivity index (χ2v) is 7.23. The van der Waals surface area contributed by atoms with E-state index in [4.69, 9.17) is 4.74 Å². The molecule has 4 rings (SSSR count). The molecule has 7 nitrogen and oxygen atoms in total. The van der Waals surface area contributed by atoms with Crippen LogP contribution in [0.25, 0.3) is 10.2 Å². The molecule has 0 aliphatic heterocycles. The van der Waals surface area contributed by atoms with Crippen molar-refractivity contribution >= 4 is 32.6 Å². The number of carbonyl (C=O) groups is 1. The first-order valence-corrected chi connectivity index (χ1v) is 9.74. The van der Waals surface area contributed by atoms with Gasteiger partial charge in [0.05, 0.1) is 29.1 Å². The second kappa shape index (κ2) is 7.77. The van der Waals surface area contributed by atoms with E-state index in [0.29, 0.717) is 29.7 Å². The van der Waals surface area contributed by atoms with E-state index < -0.39 is 0 Å². The van der Waals surface area contributed by atoms with Gasteiger partial charge in [-0.2, -0.15) is 0 Å². The van der Waals surface area contributed by atoms with Gasteiger partial charge in [-0.05, 0) is 37.6 Å². The summed E-state index contributed by atoms with van der Waals surface area (Å²) in [4.78, 5) is 17.1. The predicted octanol–water partition coefficient (Wildman–Crippen LogP) is 3.90. The van der Waals surface area contributed by atoms with Crippen LogP contribution >= 0.6 is 11.3 Å². The third kappa shape index (κ3) is 3.72. The minimum atomic E-state index is -0.319. The van der Waals surface area contributed by atoms with Gasteiger partial charge in [-0.15, -0.1) is 5.10 Å². The molecule has 2 heterocycles. The number of ether oxygens (including phenoxy) is 1. The summed E-state index contributed by atoms with van der Waals surface area (Å²) in [5.74, 6) is 0.470. The highest BCUT2D eigenvalue weighted by Crippen LogP contribution is 2.29. The van der Waals surface area contributed by atoms with Gasteiger partial charge >= 0.3 is 0 Å². The summed E-state index contributed by atoms with van der Waals surface area (Å²) in [5, 5.41) is 11.5. The van der Waals surface area contributed by atoms with Crippen molar-refractivity contribution < 1.29 is 9.53 Å². The molecule has 142 valence electrons. The molecule has 0 radical (unpaired) electrons. The molecule has 0 fully saturated rings. The van der Waals surface area contributed by atoms with Gasteiger partial charge in [0, 0.05) is 0 Å². The number of hydrogen-bond donors (Lipinski definition) is 1. The number of rotatable bonds is 6. The maximum atomic E-state index is 12.7. The zero-order valence-corrected chi connectivity index (χ0v) is 16.4. The first-order chi connectivity index (χ1) is 13.6. The van der Waals surface area contributed by atoms with E-state index >= 15 is 0 Å². The lowest BCUT2D eigenvalue weighted by Gasteiger charge is -2.04. The first-order valence-electron chi connectivity index (χ1n) is 8.93. The van der Waals surface area contributed by atoms with Crippen LogP contribution < -0.4 is 10.1 Å². The maximum Gasteiger partial charge on any atom is 0.279 e. The largest absolute Gasteiger partial charge is 0.494 e. The molecular weight excluding hydrogens is 374 g/mol. The number of nitrogens with one attached hydrogen (secondary N) is 1. The monoisotopic (exact) mass is 393 g/mol. The van der Waals surface area contributed by atoms with Crippen molar-refractivity contribution in [1.82, 2.24) is 20.0 Å². The van der Waals surface area contributed by atoms with Crippen LogP contribution in [-0.2, 0) is 6.54 Å². The van der Waals surface area contributed by atoms with Gasteiger partial charge in [0.15, 0.2) is 10.8 Å². The van der Waals surface area contributed by atoms with Crippen LogP contribution in [-0.4, -0.2) is 32.5 Å². The Hall–Kier alpha value is -3.26. The standard InChI is InChI=1S/C20H19N5O2S/c1-3-27-15-9-10-16-17(11-15)28-20(21-16)22-19(26)18-13(2)25(24-23-18)12-14-7-5-4-6-8-14/h4-11H,3,12H2,1-2H3,(H,21,22,26). The minimum absolute atomic E-state index is 0.296. The highest BCUT2D eigenvalue weighted by atomic mass is 32.1. The van der Waals surface area contributed by atoms with Gasteiger partial charge in [-0.3, -0.25) is 10.1 Å². The van der Waals surface area contributed by atoms with Gasteiger partial charge in [0.2, 0.25) is 0 Å². The van der Waals surface area contributed by atoms with Crippen molar-refractivity contribution in [3.8, 4) is 5.75 Å². The number of amides is 1. The van der Waals surface area contributed by atoms with Crippen LogP contribution in [0.1, 0.15) is 28.7 Å². The van der Waals surface area contributed by atoms with Crippen molar-refractivity contribution in [3.63, 3.8) is 0 Å². The van der Waals surface area contributed by atoms with E-state index in [0.717, 1.165) is 21.5 Å². The highest BCUT2D eigenvalue weighted by Gasteiger charge is 2.18. The quantitative estimate of drug-likeness (QED) is 0.537.